The number of hydrogen-bond donors (Lipinski definition) is 1. The number of ether oxygens (including phenoxy) is 1. The van der Waals surface area contributed by atoms with Crippen LogP contribution in [0.3, 0.4) is 0 Å². The minimum Gasteiger partial charge on any atom is -0.496 e. The van der Waals surface area contributed by atoms with Gasteiger partial charge in [-0.1, -0.05) is 0 Å². The molecule has 0 aromatic carbocycles. The Morgan fingerprint density at radius 1 is 1.50 bits per heavy atom. The summed E-state index contributed by atoms with van der Waals surface area (Å²) >= 11 is 1.52. The molecular formula is C12H15N3O3S2. The Kier molecular flexibility index (Phi) is 3.21. The molecular weight excluding hydrogens is 298 g/mol. The first-order valence-corrected chi connectivity index (χ1v) is 8.87. The SMILES string of the molecule is COc1csc(-c2cc(N)n(C3CCS(=O)(=O)C3)n2)c1. The molecule has 2 aromatic heterocycles. The Hall–Kier alpha value is -1.54. The lowest BCUT2D eigenvalue weighted by molar-refractivity contribution is 0.417. The molecule has 1 saturated heterocycles. The van der Waals surface area contributed by atoms with Crippen LogP contribution in [-0.4, -0.2) is 36.8 Å². The fourth-order valence-corrected chi connectivity index (χ4v) is 4.85. The monoisotopic (exact) mass is 313 g/mol. The molecule has 2 N–H and O–H groups in total. The van der Waals surface area contributed by atoms with Crippen LogP contribution in [0.1, 0.15) is 12.5 Å². The zero-order valence-corrected chi connectivity index (χ0v) is 12.6. The second-order valence-corrected chi connectivity index (χ2v) is 7.95. The zero-order valence-electron chi connectivity index (χ0n) is 10.9. The van der Waals surface area contributed by atoms with E-state index in [0.717, 1.165) is 16.3 Å². The molecule has 0 bridgehead atoms. The molecule has 20 heavy (non-hydrogen) atoms. The van der Waals surface area contributed by atoms with E-state index in [1.54, 1.807) is 17.9 Å². The number of methoxy groups -OCH3 is 1. The summed E-state index contributed by atoms with van der Waals surface area (Å²) in [7, 11) is -1.34. The number of nitrogen functional groups attached to an aromatic ring is 1. The Labute approximate surface area is 121 Å². The first kappa shape index (κ1) is 13.4. The molecule has 0 radical (unpaired) electrons. The first-order chi connectivity index (χ1) is 9.48. The van der Waals surface area contributed by atoms with Gasteiger partial charge in [-0.2, -0.15) is 5.10 Å². The first-order valence-electron chi connectivity index (χ1n) is 6.17. The fraction of sp³-hybridized carbons (Fsp3) is 0.417. The van der Waals surface area contributed by atoms with Crippen molar-refractivity contribution in [1.82, 2.24) is 9.78 Å². The maximum Gasteiger partial charge on any atom is 0.152 e. The van der Waals surface area contributed by atoms with Crippen molar-refractivity contribution in [2.45, 2.75) is 12.5 Å². The van der Waals surface area contributed by atoms with Gasteiger partial charge in [-0.25, -0.2) is 13.1 Å². The number of sulfone groups is 1. The van der Waals surface area contributed by atoms with Crippen molar-refractivity contribution < 1.29 is 13.2 Å². The summed E-state index contributed by atoms with van der Waals surface area (Å²) in [4.78, 5) is 0.952. The summed E-state index contributed by atoms with van der Waals surface area (Å²) in [5, 5.41) is 6.35. The second-order valence-electron chi connectivity index (χ2n) is 4.81. The molecule has 3 heterocycles. The number of aromatic nitrogens is 2. The van der Waals surface area contributed by atoms with E-state index in [4.69, 9.17) is 10.5 Å². The van der Waals surface area contributed by atoms with Gasteiger partial charge in [0.25, 0.3) is 0 Å². The predicted octanol–water partition coefficient (Wildman–Crippen LogP) is 1.56. The third-order valence-corrected chi connectivity index (χ3v) is 6.06. The van der Waals surface area contributed by atoms with Gasteiger partial charge in [-0.05, 0) is 6.42 Å². The topological polar surface area (TPSA) is 87.2 Å². The van der Waals surface area contributed by atoms with Crippen LogP contribution >= 0.6 is 11.3 Å². The normalized spacial score (nSPS) is 21.1. The van der Waals surface area contributed by atoms with Gasteiger partial charge in [0.2, 0.25) is 0 Å². The van der Waals surface area contributed by atoms with E-state index in [2.05, 4.69) is 5.10 Å². The Bertz CT molecular complexity index is 733. The molecule has 1 unspecified atom stereocenters. The van der Waals surface area contributed by atoms with Crippen molar-refractivity contribution in [3.63, 3.8) is 0 Å². The van der Waals surface area contributed by atoms with Crippen LogP contribution < -0.4 is 10.5 Å². The average molecular weight is 313 g/mol. The molecule has 2 aromatic rings. The second kappa shape index (κ2) is 4.78. The van der Waals surface area contributed by atoms with Crippen LogP contribution in [0, 0.1) is 0 Å². The average Bonchev–Trinajstić information content (AvgIpc) is 3.07. The van der Waals surface area contributed by atoms with Crippen molar-refractivity contribution in [3.8, 4) is 16.3 Å². The summed E-state index contributed by atoms with van der Waals surface area (Å²) in [5.74, 6) is 1.60. The highest BCUT2D eigenvalue weighted by molar-refractivity contribution is 7.91. The van der Waals surface area contributed by atoms with Crippen molar-refractivity contribution in [2.75, 3.05) is 24.3 Å². The maximum atomic E-state index is 11.5. The van der Waals surface area contributed by atoms with Crippen molar-refractivity contribution >= 4 is 27.0 Å². The Morgan fingerprint density at radius 2 is 2.30 bits per heavy atom. The molecule has 1 atom stereocenters. The van der Waals surface area contributed by atoms with Crippen LogP contribution in [0.15, 0.2) is 17.5 Å². The van der Waals surface area contributed by atoms with Crippen LogP contribution in [0.4, 0.5) is 5.82 Å². The minimum absolute atomic E-state index is 0.117. The molecule has 1 aliphatic heterocycles. The van der Waals surface area contributed by atoms with Crippen molar-refractivity contribution in [2.24, 2.45) is 0 Å². The number of nitrogens with two attached hydrogens (primary N) is 1. The van der Waals surface area contributed by atoms with Gasteiger partial charge in [0.15, 0.2) is 9.84 Å². The van der Waals surface area contributed by atoms with Crippen LogP contribution in [0.5, 0.6) is 5.75 Å². The molecule has 0 saturated carbocycles. The third kappa shape index (κ3) is 2.40. The van der Waals surface area contributed by atoms with Gasteiger partial charge in [-0.3, -0.25) is 0 Å². The molecule has 1 aliphatic rings. The predicted molar refractivity (Wildman–Crippen MR) is 78.8 cm³/mol. The Balaban J connectivity index is 1.91. The van der Waals surface area contributed by atoms with E-state index in [9.17, 15) is 8.42 Å². The quantitative estimate of drug-likeness (QED) is 0.929. The molecule has 3 rings (SSSR count). The van der Waals surface area contributed by atoms with Gasteiger partial charge in [0.1, 0.15) is 17.3 Å². The molecule has 6 nitrogen and oxygen atoms in total. The van der Waals surface area contributed by atoms with Crippen LogP contribution in [0.25, 0.3) is 10.6 Å². The number of thiophene rings is 1. The highest BCUT2D eigenvalue weighted by atomic mass is 32.2. The highest BCUT2D eigenvalue weighted by Gasteiger charge is 2.31. The number of rotatable bonds is 3. The van der Waals surface area contributed by atoms with Gasteiger partial charge in [0, 0.05) is 17.5 Å². The lowest BCUT2D eigenvalue weighted by Crippen LogP contribution is -2.14. The number of anilines is 1. The van der Waals surface area contributed by atoms with Crippen molar-refractivity contribution in [3.05, 3.63) is 17.5 Å². The smallest absolute Gasteiger partial charge is 0.152 e. The summed E-state index contributed by atoms with van der Waals surface area (Å²) in [6.07, 6.45) is 0.571. The van der Waals surface area contributed by atoms with Crippen LogP contribution in [-0.2, 0) is 9.84 Å². The van der Waals surface area contributed by atoms with E-state index < -0.39 is 9.84 Å². The van der Waals surface area contributed by atoms with Gasteiger partial charge in [-0.15, -0.1) is 11.3 Å². The minimum atomic E-state index is -2.95. The van der Waals surface area contributed by atoms with Gasteiger partial charge < -0.3 is 10.5 Å². The zero-order chi connectivity index (χ0) is 14.3. The number of nitrogens with zero attached hydrogens (tertiary/aromatic N) is 2. The summed E-state index contributed by atoms with van der Waals surface area (Å²) in [6, 6.07) is 3.51. The summed E-state index contributed by atoms with van der Waals surface area (Å²) in [6.45, 7) is 0. The maximum absolute atomic E-state index is 11.5. The van der Waals surface area contributed by atoms with Crippen LogP contribution in [0.2, 0.25) is 0 Å². The lowest BCUT2D eigenvalue weighted by atomic mass is 10.3. The molecule has 108 valence electrons. The lowest BCUT2D eigenvalue weighted by Gasteiger charge is -2.09. The largest absolute Gasteiger partial charge is 0.496 e. The molecule has 0 amide bonds. The number of hydrogen-bond acceptors (Lipinski definition) is 6. The fourth-order valence-electron chi connectivity index (χ4n) is 2.35. The van der Waals surface area contributed by atoms with E-state index >= 15 is 0 Å². The van der Waals surface area contributed by atoms with E-state index in [1.807, 2.05) is 11.4 Å². The van der Waals surface area contributed by atoms with E-state index in [-0.39, 0.29) is 17.5 Å². The molecule has 1 fully saturated rings. The Morgan fingerprint density at radius 3 is 2.90 bits per heavy atom. The van der Waals surface area contributed by atoms with Crippen molar-refractivity contribution in [1.29, 1.82) is 0 Å². The van der Waals surface area contributed by atoms with E-state index in [1.165, 1.54) is 11.3 Å². The van der Waals surface area contributed by atoms with Gasteiger partial charge >= 0.3 is 0 Å². The summed E-state index contributed by atoms with van der Waals surface area (Å²) < 4.78 is 29.9. The molecule has 0 aliphatic carbocycles. The highest BCUT2D eigenvalue weighted by Crippen LogP contribution is 2.33. The van der Waals surface area contributed by atoms with Gasteiger partial charge in [0.05, 0.1) is 29.5 Å². The van der Waals surface area contributed by atoms with E-state index in [0.29, 0.717) is 12.2 Å². The third-order valence-electron chi connectivity index (χ3n) is 3.38. The standard InChI is InChI=1S/C12H15N3O3S2/c1-18-9-4-11(19-6-9)10-5-12(13)15(14-10)8-2-3-20(16,17)7-8/h4-6,8H,2-3,7,13H2,1H3. The molecule has 8 heteroatoms. The summed E-state index contributed by atoms with van der Waals surface area (Å²) in [5.41, 5.74) is 6.72. The molecule has 0 spiro atoms.